The highest BCUT2D eigenvalue weighted by atomic mass is 32.2. The fourth-order valence-electron chi connectivity index (χ4n) is 4.64. The first kappa shape index (κ1) is 31.9. The van der Waals surface area contributed by atoms with Crippen LogP contribution in [0.2, 0.25) is 0 Å². The van der Waals surface area contributed by atoms with Crippen molar-refractivity contribution in [2.24, 2.45) is 0 Å². The van der Waals surface area contributed by atoms with Crippen molar-refractivity contribution in [3.05, 3.63) is 102 Å². The summed E-state index contributed by atoms with van der Waals surface area (Å²) in [4.78, 5) is 26.9. The van der Waals surface area contributed by atoms with E-state index in [0.29, 0.717) is 37.2 Å². The maximum atomic E-state index is 13.3. The molecule has 0 aliphatic rings. The molecule has 4 aromatic rings. The number of rotatable bonds is 12. The number of hydrogen-bond donors (Lipinski definition) is 2. The highest BCUT2D eigenvalue weighted by Gasteiger charge is 2.23. The Bertz CT molecular complexity index is 1830. The molecular formula is C32H35N3O6S2. The molecule has 0 spiro atoms. The third-order valence-corrected chi connectivity index (χ3v) is 9.92. The van der Waals surface area contributed by atoms with Crippen LogP contribution >= 0.6 is 0 Å². The van der Waals surface area contributed by atoms with E-state index in [9.17, 15) is 26.4 Å². The minimum absolute atomic E-state index is 0.112. The Labute approximate surface area is 252 Å². The van der Waals surface area contributed by atoms with E-state index in [1.165, 1.54) is 40.7 Å². The van der Waals surface area contributed by atoms with Gasteiger partial charge in [0.05, 0.1) is 21.0 Å². The Kier molecular flexibility index (Phi) is 10.0. The van der Waals surface area contributed by atoms with E-state index in [0.717, 1.165) is 17.0 Å². The smallest absolute Gasteiger partial charge is 0.255 e. The predicted octanol–water partition coefficient (Wildman–Crippen LogP) is 5.24. The van der Waals surface area contributed by atoms with Gasteiger partial charge < -0.3 is 10.6 Å². The van der Waals surface area contributed by atoms with Crippen LogP contribution < -0.4 is 10.6 Å². The fraction of sp³-hybridized carbons (Fsp3) is 0.250. The van der Waals surface area contributed by atoms with Crippen molar-refractivity contribution < 1.29 is 26.4 Å². The van der Waals surface area contributed by atoms with Gasteiger partial charge in [0.25, 0.3) is 11.8 Å². The van der Waals surface area contributed by atoms with Crippen LogP contribution in [-0.4, -0.2) is 52.3 Å². The zero-order valence-corrected chi connectivity index (χ0v) is 26.0. The Morgan fingerprint density at radius 2 is 1.28 bits per heavy atom. The first-order chi connectivity index (χ1) is 20.4. The van der Waals surface area contributed by atoms with E-state index < -0.39 is 31.7 Å². The topological polar surface area (TPSA) is 130 Å². The maximum absolute atomic E-state index is 13.3. The number of carbonyl (C=O) groups excluding carboxylic acids is 2. The van der Waals surface area contributed by atoms with Gasteiger partial charge in [0.1, 0.15) is 0 Å². The number of hydrogen-bond acceptors (Lipinski definition) is 6. The number of amides is 2. The number of anilines is 1. The van der Waals surface area contributed by atoms with E-state index in [1.54, 1.807) is 24.3 Å². The van der Waals surface area contributed by atoms with Gasteiger partial charge in [0.2, 0.25) is 10.0 Å². The molecule has 11 heteroatoms. The molecule has 2 N–H and O–H groups in total. The van der Waals surface area contributed by atoms with Crippen LogP contribution in [0.1, 0.15) is 53.0 Å². The Hall–Kier alpha value is -4.06. The third kappa shape index (κ3) is 7.67. The molecule has 0 saturated carbocycles. The van der Waals surface area contributed by atoms with Gasteiger partial charge in [-0.1, -0.05) is 50.2 Å². The molecule has 226 valence electrons. The van der Waals surface area contributed by atoms with Gasteiger partial charge in [0, 0.05) is 31.5 Å². The molecule has 4 rings (SSSR count). The molecule has 43 heavy (non-hydrogen) atoms. The average molecular weight is 622 g/mol. The van der Waals surface area contributed by atoms with Gasteiger partial charge in [-0.2, -0.15) is 4.31 Å². The Morgan fingerprint density at radius 3 is 1.84 bits per heavy atom. The first-order valence-electron chi connectivity index (χ1n) is 14.0. The summed E-state index contributed by atoms with van der Waals surface area (Å²) in [6.45, 7) is 4.82. The summed E-state index contributed by atoms with van der Waals surface area (Å²) in [7, 11) is -7.02. The number of nitrogens with zero attached hydrogens (tertiary/aromatic N) is 1. The zero-order valence-electron chi connectivity index (χ0n) is 24.3. The van der Waals surface area contributed by atoms with Crippen LogP contribution in [0.3, 0.4) is 0 Å². The number of nitrogens with one attached hydrogen (secondary N) is 2. The van der Waals surface area contributed by atoms with Crippen molar-refractivity contribution in [3.63, 3.8) is 0 Å². The average Bonchev–Trinajstić information content (AvgIpc) is 2.99. The van der Waals surface area contributed by atoms with Crippen molar-refractivity contribution in [3.8, 4) is 0 Å². The van der Waals surface area contributed by atoms with Crippen molar-refractivity contribution in [1.29, 1.82) is 0 Å². The lowest BCUT2D eigenvalue weighted by Gasteiger charge is -2.21. The van der Waals surface area contributed by atoms with Crippen LogP contribution in [0.4, 0.5) is 5.69 Å². The van der Waals surface area contributed by atoms with Gasteiger partial charge in [-0.15, -0.1) is 0 Å². The Balaban J connectivity index is 1.56. The summed E-state index contributed by atoms with van der Waals surface area (Å²) in [6.07, 6.45) is 2.51. The van der Waals surface area contributed by atoms with Gasteiger partial charge in [-0.3, -0.25) is 9.59 Å². The number of benzene rings is 4. The van der Waals surface area contributed by atoms with E-state index in [2.05, 4.69) is 10.6 Å². The van der Waals surface area contributed by atoms with Crippen molar-refractivity contribution >= 4 is 48.1 Å². The molecular weight excluding hydrogens is 587 g/mol. The lowest BCUT2D eigenvalue weighted by Crippen LogP contribution is -2.32. The van der Waals surface area contributed by atoms with Gasteiger partial charge in [-0.05, 0) is 77.7 Å². The Morgan fingerprint density at radius 1 is 0.721 bits per heavy atom. The molecule has 0 aromatic heterocycles. The lowest BCUT2D eigenvalue weighted by atomic mass is 10.0. The minimum Gasteiger partial charge on any atom is -0.348 e. The molecule has 0 radical (unpaired) electrons. The van der Waals surface area contributed by atoms with E-state index >= 15 is 0 Å². The molecule has 0 fully saturated rings. The molecule has 9 nitrogen and oxygen atoms in total. The van der Waals surface area contributed by atoms with Gasteiger partial charge in [0.15, 0.2) is 9.84 Å². The number of sulfone groups is 1. The predicted molar refractivity (Wildman–Crippen MR) is 168 cm³/mol. The lowest BCUT2D eigenvalue weighted by molar-refractivity contribution is 0.0952. The second-order valence-electron chi connectivity index (χ2n) is 10.2. The summed E-state index contributed by atoms with van der Waals surface area (Å²) in [5.41, 5.74) is 1.48. The van der Waals surface area contributed by atoms with Gasteiger partial charge >= 0.3 is 0 Å². The standard InChI is InChI=1S/C32H35N3O6S2/c1-4-18-35(19-5-2)43(40,41)28-16-12-24(13-17-28)31(36)34-30-21-26-9-7-6-8-25(26)20-29(30)32(37)33-22-23-10-14-27(15-11-23)42(3,38)39/h6-17,20-21H,4-5,18-19,22H2,1-3H3,(H,33,37)(H,34,36). The van der Waals surface area contributed by atoms with Crippen LogP contribution in [0, 0.1) is 0 Å². The first-order valence-corrected chi connectivity index (χ1v) is 17.3. The third-order valence-electron chi connectivity index (χ3n) is 6.88. The second-order valence-corrected chi connectivity index (χ2v) is 14.2. The van der Waals surface area contributed by atoms with E-state index in [-0.39, 0.29) is 27.5 Å². The van der Waals surface area contributed by atoms with Crippen LogP contribution in [0.15, 0.2) is 94.7 Å². The summed E-state index contributed by atoms with van der Waals surface area (Å²) in [6, 6.07) is 22.8. The SMILES string of the molecule is CCCN(CCC)S(=O)(=O)c1ccc(C(=O)Nc2cc3ccccc3cc2C(=O)NCc2ccc(S(C)(=O)=O)cc2)cc1. The van der Waals surface area contributed by atoms with Crippen LogP contribution in [0.25, 0.3) is 10.8 Å². The fourth-order valence-corrected chi connectivity index (χ4v) is 6.89. The minimum atomic E-state index is -3.69. The normalized spacial score (nSPS) is 11.9. The molecule has 0 aliphatic carbocycles. The molecule has 4 aromatic carbocycles. The molecule has 0 aliphatic heterocycles. The monoisotopic (exact) mass is 621 g/mol. The van der Waals surface area contributed by atoms with E-state index in [4.69, 9.17) is 0 Å². The maximum Gasteiger partial charge on any atom is 0.255 e. The largest absolute Gasteiger partial charge is 0.348 e. The number of carbonyl (C=O) groups is 2. The van der Waals surface area contributed by atoms with Crippen molar-refractivity contribution in [2.75, 3.05) is 24.7 Å². The molecule has 0 atom stereocenters. The molecule has 0 bridgehead atoms. The molecule has 0 saturated heterocycles. The highest BCUT2D eigenvalue weighted by Crippen LogP contribution is 2.26. The second kappa shape index (κ2) is 13.5. The zero-order chi connectivity index (χ0) is 31.2. The number of fused-ring (bicyclic) bond motifs is 1. The van der Waals surface area contributed by atoms with Crippen LogP contribution in [-0.2, 0) is 26.4 Å². The summed E-state index contributed by atoms with van der Waals surface area (Å²) in [5, 5.41) is 7.28. The summed E-state index contributed by atoms with van der Waals surface area (Å²) in [5.74, 6) is -0.926. The van der Waals surface area contributed by atoms with Crippen LogP contribution in [0.5, 0.6) is 0 Å². The van der Waals surface area contributed by atoms with Gasteiger partial charge in [-0.25, -0.2) is 16.8 Å². The molecule has 2 amide bonds. The summed E-state index contributed by atoms with van der Waals surface area (Å²) < 4.78 is 51.1. The van der Waals surface area contributed by atoms with Crippen molar-refractivity contribution in [2.45, 2.75) is 43.0 Å². The van der Waals surface area contributed by atoms with E-state index in [1.807, 2.05) is 38.1 Å². The molecule has 0 unspecified atom stereocenters. The quantitative estimate of drug-likeness (QED) is 0.223. The molecule has 0 heterocycles. The summed E-state index contributed by atoms with van der Waals surface area (Å²) >= 11 is 0. The highest BCUT2D eigenvalue weighted by molar-refractivity contribution is 7.90. The van der Waals surface area contributed by atoms with Crippen molar-refractivity contribution in [1.82, 2.24) is 9.62 Å². The number of sulfonamides is 1.